The monoisotopic (exact) mass is 229 g/mol. The zero-order valence-electron chi connectivity index (χ0n) is 9.97. The highest BCUT2D eigenvalue weighted by Gasteiger charge is 2.25. The molecule has 0 bridgehead atoms. The van der Waals surface area contributed by atoms with E-state index in [1.165, 1.54) is 13.2 Å². The second-order valence-corrected chi connectivity index (χ2v) is 4.46. The molecular formula is C12H17F2NO. The molecule has 0 amide bonds. The second-order valence-electron chi connectivity index (χ2n) is 4.46. The largest absolute Gasteiger partial charge is 0.496 e. The molecule has 0 heterocycles. The molecule has 0 fully saturated rings. The highest BCUT2D eigenvalue weighted by atomic mass is 19.3. The van der Waals surface area contributed by atoms with Gasteiger partial charge in [-0.2, -0.15) is 0 Å². The number of hydrogen-bond acceptors (Lipinski definition) is 2. The SMILES string of the molecule is COc1c(C(F)F)cc(C)cc1C(C)(C)N. The molecule has 1 aromatic carbocycles. The van der Waals surface area contributed by atoms with E-state index < -0.39 is 12.0 Å². The topological polar surface area (TPSA) is 35.2 Å². The average molecular weight is 229 g/mol. The number of ether oxygens (including phenoxy) is 1. The third kappa shape index (κ3) is 2.50. The van der Waals surface area contributed by atoms with Crippen LogP contribution in [-0.2, 0) is 5.54 Å². The van der Waals surface area contributed by atoms with Gasteiger partial charge in [-0.25, -0.2) is 8.78 Å². The molecule has 0 aromatic heterocycles. The van der Waals surface area contributed by atoms with Crippen LogP contribution in [0.25, 0.3) is 0 Å². The van der Waals surface area contributed by atoms with Gasteiger partial charge in [0.1, 0.15) is 5.75 Å². The van der Waals surface area contributed by atoms with Crippen molar-refractivity contribution in [3.63, 3.8) is 0 Å². The number of aryl methyl sites for hydroxylation is 1. The summed E-state index contributed by atoms with van der Waals surface area (Å²) in [6, 6.07) is 3.21. The number of methoxy groups -OCH3 is 1. The Labute approximate surface area is 94.4 Å². The van der Waals surface area contributed by atoms with Crippen LogP contribution in [0, 0.1) is 6.92 Å². The average Bonchev–Trinajstić information content (AvgIpc) is 2.14. The van der Waals surface area contributed by atoms with E-state index in [-0.39, 0.29) is 11.3 Å². The van der Waals surface area contributed by atoms with Gasteiger partial charge in [-0.1, -0.05) is 11.6 Å². The van der Waals surface area contributed by atoms with E-state index in [1.807, 2.05) is 0 Å². The maximum Gasteiger partial charge on any atom is 0.267 e. The fourth-order valence-electron chi connectivity index (χ4n) is 1.67. The van der Waals surface area contributed by atoms with E-state index in [9.17, 15) is 8.78 Å². The van der Waals surface area contributed by atoms with Gasteiger partial charge in [-0.3, -0.25) is 0 Å². The Bertz CT molecular complexity index is 383. The molecule has 0 aliphatic heterocycles. The third-order valence-corrected chi connectivity index (χ3v) is 2.40. The lowest BCUT2D eigenvalue weighted by Crippen LogP contribution is -2.29. The van der Waals surface area contributed by atoms with Gasteiger partial charge >= 0.3 is 0 Å². The molecule has 2 N–H and O–H groups in total. The van der Waals surface area contributed by atoms with Crippen molar-refractivity contribution in [3.8, 4) is 5.75 Å². The van der Waals surface area contributed by atoms with Gasteiger partial charge in [0.15, 0.2) is 0 Å². The molecule has 1 aromatic rings. The van der Waals surface area contributed by atoms with Crippen molar-refractivity contribution in [1.29, 1.82) is 0 Å². The Morgan fingerprint density at radius 2 is 1.88 bits per heavy atom. The molecule has 0 atom stereocenters. The summed E-state index contributed by atoms with van der Waals surface area (Å²) >= 11 is 0. The highest BCUT2D eigenvalue weighted by molar-refractivity contribution is 5.48. The first kappa shape index (κ1) is 12.9. The van der Waals surface area contributed by atoms with Crippen LogP contribution in [0.15, 0.2) is 12.1 Å². The van der Waals surface area contributed by atoms with Gasteiger partial charge in [-0.05, 0) is 26.8 Å². The predicted octanol–water partition coefficient (Wildman–Crippen LogP) is 3.14. The number of benzene rings is 1. The summed E-state index contributed by atoms with van der Waals surface area (Å²) in [4.78, 5) is 0. The lowest BCUT2D eigenvalue weighted by atomic mass is 9.91. The molecule has 0 saturated heterocycles. The van der Waals surface area contributed by atoms with Crippen LogP contribution >= 0.6 is 0 Å². The molecule has 0 aliphatic rings. The molecule has 90 valence electrons. The minimum atomic E-state index is -2.56. The van der Waals surface area contributed by atoms with Gasteiger partial charge in [0.25, 0.3) is 6.43 Å². The maximum atomic E-state index is 12.8. The van der Waals surface area contributed by atoms with E-state index in [2.05, 4.69) is 0 Å². The molecular weight excluding hydrogens is 212 g/mol. The highest BCUT2D eigenvalue weighted by Crippen LogP contribution is 2.37. The Balaban J connectivity index is 3.49. The molecule has 0 saturated carbocycles. The molecule has 1 rings (SSSR count). The second kappa shape index (κ2) is 4.37. The molecule has 0 aliphatic carbocycles. The Kier molecular flexibility index (Phi) is 3.53. The summed E-state index contributed by atoms with van der Waals surface area (Å²) in [6.45, 7) is 5.29. The van der Waals surface area contributed by atoms with Crippen molar-refractivity contribution in [2.24, 2.45) is 5.73 Å². The summed E-state index contributed by atoms with van der Waals surface area (Å²) in [5.41, 5.74) is 6.49. The van der Waals surface area contributed by atoms with Crippen molar-refractivity contribution in [2.75, 3.05) is 7.11 Å². The van der Waals surface area contributed by atoms with Crippen LogP contribution in [-0.4, -0.2) is 7.11 Å². The summed E-state index contributed by atoms with van der Waals surface area (Å²) in [5.74, 6) is 0.188. The van der Waals surface area contributed by atoms with Crippen LogP contribution in [0.4, 0.5) is 8.78 Å². The number of halogens is 2. The standard InChI is InChI=1S/C12H17F2NO/c1-7-5-8(11(13)14)10(16-4)9(6-7)12(2,3)15/h5-6,11H,15H2,1-4H3. The molecule has 2 nitrogen and oxygen atoms in total. The zero-order valence-corrected chi connectivity index (χ0v) is 9.97. The fourth-order valence-corrected chi connectivity index (χ4v) is 1.67. The smallest absolute Gasteiger partial charge is 0.267 e. The van der Waals surface area contributed by atoms with Gasteiger partial charge in [0.2, 0.25) is 0 Å². The quantitative estimate of drug-likeness (QED) is 0.864. The van der Waals surface area contributed by atoms with Crippen LogP contribution in [0.2, 0.25) is 0 Å². The molecule has 0 radical (unpaired) electrons. The lowest BCUT2D eigenvalue weighted by Gasteiger charge is -2.24. The summed E-state index contributed by atoms with van der Waals surface area (Å²) in [6.07, 6.45) is -2.56. The minimum Gasteiger partial charge on any atom is -0.496 e. The van der Waals surface area contributed by atoms with Crippen LogP contribution in [0.3, 0.4) is 0 Å². The molecule has 16 heavy (non-hydrogen) atoms. The first-order valence-electron chi connectivity index (χ1n) is 5.03. The number of nitrogens with two attached hydrogens (primary N) is 1. The molecule has 4 heteroatoms. The van der Waals surface area contributed by atoms with Gasteiger partial charge in [0.05, 0.1) is 12.7 Å². The van der Waals surface area contributed by atoms with Crippen molar-refractivity contribution in [1.82, 2.24) is 0 Å². The predicted molar refractivity (Wildman–Crippen MR) is 59.9 cm³/mol. The number of rotatable bonds is 3. The van der Waals surface area contributed by atoms with E-state index >= 15 is 0 Å². The van der Waals surface area contributed by atoms with Crippen LogP contribution in [0.5, 0.6) is 5.75 Å². The first-order valence-corrected chi connectivity index (χ1v) is 5.03. The fraction of sp³-hybridized carbons (Fsp3) is 0.500. The van der Waals surface area contributed by atoms with Crippen molar-refractivity contribution < 1.29 is 13.5 Å². The number of alkyl halides is 2. The Hall–Kier alpha value is -1.16. The van der Waals surface area contributed by atoms with Gasteiger partial charge in [0, 0.05) is 11.1 Å². The van der Waals surface area contributed by atoms with E-state index in [4.69, 9.17) is 10.5 Å². The third-order valence-electron chi connectivity index (χ3n) is 2.40. The van der Waals surface area contributed by atoms with Crippen molar-refractivity contribution in [3.05, 3.63) is 28.8 Å². The summed E-state index contributed by atoms with van der Waals surface area (Å²) in [7, 11) is 1.38. The van der Waals surface area contributed by atoms with Crippen LogP contribution in [0.1, 0.15) is 37.0 Å². The van der Waals surface area contributed by atoms with Gasteiger partial charge in [-0.15, -0.1) is 0 Å². The molecule has 0 spiro atoms. The Morgan fingerprint density at radius 1 is 1.31 bits per heavy atom. The first-order chi connectivity index (χ1) is 7.27. The van der Waals surface area contributed by atoms with Crippen LogP contribution < -0.4 is 10.5 Å². The van der Waals surface area contributed by atoms with Crippen molar-refractivity contribution >= 4 is 0 Å². The van der Waals surface area contributed by atoms with E-state index in [0.29, 0.717) is 5.56 Å². The lowest BCUT2D eigenvalue weighted by molar-refractivity contribution is 0.146. The maximum absolute atomic E-state index is 12.8. The Morgan fingerprint density at radius 3 is 2.25 bits per heavy atom. The summed E-state index contributed by atoms with van der Waals surface area (Å²) < 4.78 is 30.7. The summed E-state index contributed by atoms with van der Waals surface area (Å²) in [5, 5.41) is 0. The van der Waals surface area contributed by atoms with Crippen molar-refractivity contribution in [2.45, 2.75) is 32.7 Å². The number of hydrogen-bond donors (Lipinski definition) is 1. The molecule has 0 unspecified atom stereocenters. The van der Waals surface area contributed by atoms with Gasteiger partial charge < -0.3 is 10.5 Å². The minimum absolute atomic E-state index is 0.101. The normalized spacial score (nSPS) is 12.0. The zero-order chi connectivity index (χ0) is 12.5. The van der Waals surface area contributed by atoms with E-state index in [0.717, 1.165) is 5.56 Å². The van der Waals surface area contributed by atoms with E-state index in [1.54, 1.807) is 26.8 Å².